The van der Waals surface area contributed by atoms with Crippen molar-refractivity contribution in [2.45, 2.75) is 38.9 Å². The van der Waals surface area contributed by atoms with Gasteiger partial charge in [-0.2, -0.15) is 0 Å². The topological polar surface area (TPSA) is 81.1 Å². The van der Waals surface area contributed by atoms with Gasteiger partial charge >= 0.3 is 0 Å². The second kappa shape index (κ2) is 8.58. The van der Waals surface area contributed by atoms with Gasteiger partial charge in [0.05, 0.1) is 16.0 Å². The molecule has 0 aliphatic carbocycles. The number of fused-ring (bicyclic) bond motifs is 1. The van der Waals surface area contributed by atoms with Gasteiger partial charge in [-0.15, -0.1) is 0 Å². The smallest absolute Gasteiger partial charge is 0.259 e. The molecule has 1 aliphatic rings. The highest BCUT2D eigenvalue weighted by Crippen LogP contribution is 2.43. The predicted molar refractivity (Wildman–Crippen MR) is 127 cm³/mol. The van der Waals surface area contributed by atoms with Crippen LogP contribution in [0.15, 0.2) is 90.1 Å². The molecule has 1 aliphatic heterocycles. The van der Waals surface area contributed by atoms with E-state index in [-0.39, 0.29) is 5.50 Å². The fourth-order valence-electron chi connectivity index (χ4n) is 3.32. The number of rotatable bonds is 5. The first kappa shape index (κ1) is 20.4. The first-order valence-electron chi connectivity index (χ1n) is 9.59. The van der Waals surface area contributed by atoms with Gasteiger partial charge in [0.1, 0.15) is 11.3 Å². The summed E-state index contributed by atoms with van der Waals surface area (Å²) in [5.41, 5.74) is 8.64. The molecule has 5 rings (SSSR count). The van der Waals surface area contributed by atoms with Crippen LogP contribution in [0.4, 0.5) is 5.82 Å². The third-order valence-corrected chi connectivity index (χ3v) is 7.77. The third kappa shape index (κ3) is 4.06. The summed E-state index contributed by atoms with van der Waals surface area (Å²) in [6.45, 7) is 3.99. The van der Waals surface area contributed by atoms with Crippen molar-refractivity contribution in [3.8, 4) is 0 Å². The summed E-state index contributed by atoms with van der Waals surface area (Å²) < 4.78 is 5.32. The maximum absolute atomic E-state index is 6.35. The highest BCUT2D eigenvalue weighted by atomic mass is 32.2. The number of thioether (sulfide) groups is 1. The van der Waals surface area contributed by atoms with Gasteiger partial charge in [-0.1, -0.05) is 58.6 Å². The Balaban J connectivity index is 1.55. The predicted octanol–water partition coefficient (Wildman–Crippen LogP) is 5.89. The van der Waals surface area contributed by atoms with Crippen LogP contribution in [-0.4, -0.2) is 20.6 Å². The molecule has 0 amide bonds. The molecule has 1 aromatic carbocycles. The average Bonchev–Trinajstić information content (AvgIpc) is 3.32. The number of anilines is 1. The summed E-state index contributed by atoms with van der Waals surface area (Å²) in [5, 5.41) is 7.07. The van der Waals surface area contributed by atoms with E-state index in [9.17, 15) is 0 Å². The molecule has 31 heavy (non-hydrogen) atoms. The van der Waals surface area contributed by atoms with Gasteiger partial charge < -0.3 is 15.2 Å². The maximum atomic E-state index is 6.35. The van der Waals surface area contributed by atoms with Gasteiger partial charge in [-0.25, -0.2) is 9.97 Å². The number of hydrogen-bond donors (Lipinski definition) is 1. The van der Waals surface area contributed by atoms with Crippen molar-refractivity contribution in [3.63, 3.8) is 0 Å². The number of pyridine rings is 2. The molecule has 0 bridgehead atoms. The van der Waals surface area contributed by atoms with Crippen molar-refractivity contribution in [3.05, 3.63) is 71.7 Å². The van der Waals surface area contributed by atoms with Crippen molar-refractivity contribution in [1.29, 1.82) is 0 Å². The Morgan fingerprint density at radius 2 is 1.84 bits per heavy atom. The van der Waals surface area contributed by atoms with E-state index in [1.165, 1.54) is 0 Å². The quantitative estimate of drug-likeness (QED) is 0.388. The van der Waals surface area contributed by atoms with Crippen LogP contribution in [0, 0.1) is 6.92 Å². The van der Waals surface area contributed by atoms with Crippen LogP contribution in [-0.2, 0) is 0 Å². The van der Waals surface area contributed by atoms with Gasteiger partial charge in [0.15, 0.2) is 0 Å². The molecule has 6 nitrogen and oxygen atoms in total. The summed E-state index contributed by atoms with van der Waals surface area (Å²) in [6, 6.07) is 14.5. The molecule has 3 aromatic heterocycles. The molecule has 156 valence electrons. The highest BCUT2D eigenvalue weighted by Gasteiger charge is 2.26. The number of aromatic nitrogens is 3. The minimum atomic E-state index is -0.180. The van der Waals surface area contributed by atoms with Crippen molar-refractivity contribution in [2.75, 3.05) is 4.90 Å². The van der Waals surface area contributed by atoms with Crippen LogP contribution in [0.2, 0.25) is 0 Å². The molecule has 0 radical (unpaired) electrons. The summed E-state index contributed by atoms with van der Waals surface area (Å²) >= 11 is 4.91. The molecule has 1 unspecified atom stereocenters. The summed E-state index contributed by atoms with van der Waals surface area (Å²) in [4.78, 5) is 15.5. The minimum absolute atomic E-state index is 0.180. The Kier molecular flexibility index (Phi) is 5.66. The molecule has 4 aromatic rings. The minimum Gasteiger partial charge on any atom is -0.336 e. The Morgan fingerprint density at radius 3 is 2.61 bits per heavy atom. The lowest BCUT2D eigenvalue weighted by Crippen LogP contribution is -2.35. The van der Waals surface area contributed by atoms with E-state index in [4.69, 9.17) is 15.2 Å². The number of benzene rings is 1. The number of hydrogen-bond acceptors (Lipinski definition) is 9. The first-order valence-corrected chi connectivity index (χ1v) is 12.2. The first-order chi connectivity index (χ1) is 15.1. The van der Waals surface area contributed by atoms with Crippen LogP contribution in [0.25, 0.3) is 11.1 Å². The summed E-state index contributed by atoms with van der Waals surface area (Å²) in [6.07, 6.45) is 3.64. The second-order valence-corrected chi connectivity index (χ2v) is 10.1. The van der Waals surface area contributed by atoms with Crippen LogP contribution >= 0.6 is 35.3 Å². The molecule has 1 atom stereocenters. The Morgan fingerprint density at radius 1 is 1.03 bits per heavy atom. The summed E-state index contributed by atoms with van der Waals surface area (Å²) in [7, 11) is 0. The third-order valence-electron chi connectivity index (χ3n) is 4.76. The molecule has 0 saturated heterocycles. The number of aryl methyl sites for hydroxylation is 1. The molecular weight excluding hydrogens is 446 g/mol. The van der Waals surface area contributed by atoms with E-state index in [2.05, 4.69) is 45.6 Å². The molecule has 4 heterocycles. The maximum Gasteiger partial charge on any atom is 0.259 e. The summed E-state index contributed by atoms with van der Waals surface area (Å²) in [5.74, 6) is 0.866. The van der Waals surface area contributed by atoms with E-state index in [0.29, 0.717) is 5.71 Å². The Hall–Kier alpha value is -2.46. The molecule has 9 heteroatoms. The molecule has 2 N–H and O–H groups in total. The SMILES string of the molecule is CC1=CSC(N)N1c1ncc(Sc2ccnc3onc(C)c23)cc1Sc1ccccc1. The fourth-order valence-corrected chi connectivity index (χ4v) is 6.21. The molecule has 0 spiro atoms. The zero-order chi connectivity index (χ0) is 21.4. The lowest BCUT2D eigenvalue weighted by atomic mass is 10.3. The van der Waals surface area contributed by atoms with Gasteiger partial charge in [0.2, 0.25) is 0 Å². The zero-order valence-electron chi connectivity index (χ0n) is 16.9. The lowest BCUT2D eigenvalue weighted by Gasteiger charge is -2.26. The highest BCUT2D eigenvalue weighted by molar-refractivity contribution is 8.03. The van der Waals surface area contributed by atoms with E-state index in [1.54, 1.807) is 41.5 Å². The van der Waals surface area contributed by atoms with Gasteiger partial charge in [0, 0.05) is 32.8 Å². The molecule has 0 fully saturated rings. The monoisotopic (exact) mass is 465 g/mol. The largest absolute Gasteiger partial charge is 0.336 e. The number of nitrogens with zero attached hydrogens (tertiary/aromatic N) is 4. The van der Waals surface area contributed by atoms with Crippen molar-refractivity contribution in [1.82, 2.24) is 15.1 Å². The zero-order valence-corrected chi connectivity index (χ0v) is 19.3. The fraction of sp³-hybridized carbons (Fsp3) is 0.136. The van der Waals surface area contributed by atoms with Gasteiger partial charge in [-0.3, -0.25) is 0 Å². The number of allylic oxidation sites excluding steroid dienone is 1. The average molecular weight is 466 g/mol. The van der Waals surface area contributed by atoms with Crippen molar-refractivity contribution < 1.29 is 4.52 Å². The lowest BCUT2D eigenvalue weighted by molar-refractivity contribution is 0.443. The van der Waals surface area contributed by atoms with Crippen molar-refractivity contribution in [2.24, 2.45) is 5.73 Å². The van der Waals surface area contributed by atoms with Crippen molar-refractivity contribution >= 4 is 52.2 Å². The normalized spacial score (nSPS) is 16.2. The number of nitrogens with two attached hydrogens (primary N) is 1. The Bertz CT molecular complexity index is 1270. The van der Waals surface area contributed by atoms with Crippen LogP contribution < -0.4 is 10.6 Å². The molecular formula is C22H19N5OS3. The standard InChI is InChI=1S/C22H19N5OS3/c1-13-12-29-22(23)27(13)20-18(30-15-6-4-3-5-7-15)10-16(11-25-20)31-17-8-9-24-21-19(17)14(2)26-28-21/h3-12,22H,23H2,1-2H3. The van der Waals surface area contributed by atoms with Crippen LogP contribution in [0.3, 0.4) is 0 Å². The van der Waals surface area contributed by atoms with Crippen LogP contribution in [0.5, 0.6) is 0 Å². The van der Waals surface area contributed by atoms with Gasteiger partial charge in [0.25, 0.3) is 5.71 Å². The Labute approximate surface area is 192 Å². The van der Waals surface area contributed by atoms with E-state index in [1.807, 2.05) is 37.4 Å². The van der Waals surface area contributed by atoms with E-state index >= 15 is 0 Å². The van der Waals surface area contributed by atoms with E-state index in [0.717, 1.165) is 42.2 Å². The molecule has 0 saturated carbocycles. The second-order valence-electron chi connectivity index (χ2n) is 6.92. The van der Waals surface area contributed by atoms with E-state index < -0.39 is 0 Å². The van der Waals surface area contributed by atoms with Gasteiger partial charge in [-0.05, 0) is 43.5 Å². The van der Waals surface area contributed by atoms with Crippen LogP contribution in [0.1, 0.15) is 12.6 Å².